The van der Waals surface area contributed by atoms with Crippen molar-refractivity contribution >= 4 is 18.3 Å². The average molecular weight is 341 g/mol. The smallest absolute Gasteiger partial charge is 0.239 e. The summed E-state index contributed by atoms with van der Waals surface area (Å²) >= 11 is 0. The molecule has 1 aliphatic heterocycles. The van der Waals surface area contributed by atoms with Gasteiger partial charge in [-0.1, -0.05) is 50.1 Å². The lowest BCUT2D eigenvalue weighted by atomic mass is 10.00. The summed E-state index contributed by atoms with van der Waals surface area (Å²) in [6, 6.07) is 9.37. The number of hydrogen-bond acceptors (Lipinski definition) is 3. The molecule has 1 aliphatic rings. The maximum atomic E-state index is 12.5. The molecular formula is C18H29ClN2O2. The maximum Gasteiger partial charge on any atom is 0.239 e. The number of benzene rings is 1. The van der Waals surface area contributed by atoms with Crippen LogP contribution in [-0.4, -0.2) is 34.5 Å². The first-order valence-electron chi connectivity index (χ1n) is 8.42. The highest BCUT2D eigenvalue weighted by Gasteiger charge is 2.32. The number of carbonyl (C=O) groups is 1. The summed E-state index contributed by atoms with van der Waals surface area (Å²) in [5.74, 6) is 0.0520. The number of aliphatic hydroxyl groups is 1. The number of unbranched alkanes of at least 4 members (excludes halogenated alkanes) is 1. The molecule has 1 heterocycles. The molecule has 0 aromatic heterocycles. The van der Waals surface area contributed by atoms with Gasteiger partial charge in [0.15, 0.2) is 0 Å². The third kappa shape index (κ3) is 5.48. The highest BCUT2D eigenvalue weighted by atomic mass is 35.5. The van der Waals surface area contributed by atoms with Crippen molar-refractivity contribution in [2.75, 3.05) is 6.54 Å². The van der Waals surface area contributed by atoms with E-state index in [2.05, 4.69) is 6.92 Å². The van der Waals surface area contributed by atoms with E-state index >= 15 is 0 Å². The molecule has 1 saturated heterocycles. The largest absolute Gasteiger partial charge is 0.388 e. The minimum Gasteiger partial charge on any atom is -0.388 e. The molecule has 5 heteroatoms. The Bertz CT molecular complexity index is 469. The van der Waals surface area contributed by atoms with Crippen LogP contribution in [0.3, 0.4) is 0 Å². The molecule has 2 rings (SSSR count). The lowest BCUT2D eigenvalue weighted by Gasteiger charge is -2.29. The highest BCUT2D eigenvalue weighted by molar-refractivity contribution is 5.85. The molecule has 3 atom stereocenters. The van der Waals surface area contributed by atoms with Crippen LogP contribution in [-0.2, 0) is 4.79 Å². The molecule has 0 radical (unpaired) electrons. The SMILES string of the molecule is CCCCC(N)C(=O)N1CCCC1CC(O)c1ccccc1.Cl. The second-order valence-electron chi connectivity index (χ2n) is 6.24. The van der Waals surface area contributed by atoms with Crippen LogP contribution in [0.5, 0.6) is 0 Å². The van der Waals surface area contributed by atoms with Gasteiger partial charge in [0, 0.05) is 12.6 Å². The Kier molecular flexibility index (Phi) is 8.59. The molecule has 0 saturated carbocycles. The number of carbonyl (C=O) groups excluding carboxylic acids is 1. The van der Waals surface area contributed by atoms with Crippen molar-refractivity contribution in [3.05, 3.63) is 35.9 Å². The second kappa shape index (κ2) is 9.91. The molecule has 1 amide bonds. The number of halogens is 1. The molecular weight excluding hydrogens is 312 g/mol. The van der Waals surface area contributed by atoms with E-state index in [1.54, 1.807) is 0 Å². The lowest BCUT2D eigenvalue weighted by molar-refractivity contribution is -0.134. The standard InChI is InChI=1S/C18H28N2O2.ClH/c1-2-3-11-16(19)18(22)20-12-7-10-15(20)13-17(21)14-8-5-4-6-9-14;/h4-6,8-9,15-17,21H,2-3,7,10-13,19H2,1H3;1H. The van der Waals surface area contributed by atoms with Gasteiger partial charge in [-0.25, -0.2) is 0 Å². The van der Waals surface area contributed by atoms with E-state index in [0.29, 0.717) is 6.42 Å². The van der Waals surface area contributed by atoms with Crippen LogP contribution < -0.4 is 5.73 Å². The number of nitrogens with two attached hydrogens (primary N) is 1. The van der Waals surface area contributed by atoms with Gasteiger partial charge in [0.25, 0.3) is 0 Å². The van der Waals surface area contributed by atoms with E-state index in [4.69, 9.17) is 5.73 Å². The summed E-state index contributed by atoms with van der Waals surface area (Å²) in [7, 11) is 0. The number of hydrogen-bond donors (Lipinski definition) is 2. The van der Waals surface area contributed by atoms with E-state index in [0.717, 1.165) is 44.2 Å². The molecule has 0 bridgehead atoms. The number of amides is 1. The molecule has 3 N–H and O–H groups in total. The molecule has 4 nitrogen and oxygen atoms in total. The van der Waals surface area contributed by atoms with Crippen molar-refractivity contribution in [2.24, 2.45) is 5.73 Å². The molecule has 1 aromatic carbocycles. The Morgan fingerprint density at radius 1 is 1.39 bits per heavy atom. The van der Waals surface area contributed by atoms with Crippen LogP contribution in [0.2, 0.25) is 0 Å². The van der Waals surface area contributed by atoms with Crippen LogP contribution in [0.1, 0.15) is 57.1 Å². The second-order valence-corrected chi connectivity index (χ2v) is 6.24. The van der Waals surface area contributed by atoms with Gasteiger partial charge < -0.3 is 15.7 Å². The van der Waals surface area contributed by atoms with Crippen LogP contribution in [0.4, 0.5) is 0 Å². The van der Waals surface area contributed by atoms with Crippen LogP contribution >= 0.6 is 12.4 Å². The van der Waals surface area contributed by atoms with Gasteiger partial charge in [0.2, 0.25) is 5.91 Å². The predicted octanol–water partition coefficient (Wildman–Crippen LogP) is 3.04. The third-order valence-corrected chi connectivity index (χ3v) is 4.53. The summed E-state index contributed by atoms with van der Waals surface area (Å²) in [6.45, 7) is 2.87. The minimum atomic E-state index is -0.522. The van der Waals surface area contributed by atoms with Gasteiger partial charge in [-0.15, -0.1) is 12.4 Å². The normalized spacial score (nSPS) is 20.0. The Hall–Kier alpha value is -1.10. The molecule has 1 fully saturated rings. The summed E-state index contributed by atoms with van der Waals surface area (Å²) < 4.78 is 0. The van der Waals surface area contributed by atoms with E-state index < -0.39 is 12.1 Å². The zero-order chi connectivity index (χ0) is 15.9. The topological polar surface area (TPSA) is 66.6 Å². The van der Waals surface area contributed by atoms with Crippen LogP contribution in [0.15, 0.2) is 30.3 Å². The molecule has 130 valence electrons. The lowest BCUT2D eigenvalue weighted by Crippen LogP contribution is -2.46. The van der Waals surface area contributed by atoms with Crippen molar-refractivity contribution < 1.29 is 9.90 Å². The van der Waals surface area contributed by atoms with Crippen LogP contribution in [0, 0.1) is 0 Å². The first-order chi connectivity index (χ1) is 10.6. The fraction of sp³-hybridized carbons (Fsp3) is 0.611. The van der Waals surface area contributed by atoms with Crippen LogP contribution in [0.25, 0.3) is 0 Å². The van der Waals surface area contributed by atoms with E-state index in [1.165, 1.54) is 0 Å². The summed E-state index contributed by atoms with van der Waals surface area (Å²) in [5.41, 5.74) is 6.95. The maximum absolute atomic E-state index is 12.5. The fourth-order valence-corrected chi connectivity index (χ4v) is 3.20. The van der Waals surface area contributed by atoms with Gasteiger partial charge in [-0.3, -0.25) is 4.79 Å². The van der Waals surface area contributed by atoms with E-state index in [9.17, 15) is 9.90 Å². The number of aliphatic hydroxyl groups excluding tert-OH is 1. The predicted molar refractivity (Wildman–Crippen MR) is 95.5 cm³/mol. The van der Waals surface area contributed by atoms with Gasteiger partial charge in [-0.2, -0.15) is 0 Å². The first kappa shape index (κ1) is 19.9. The number of nitrogens with zero attached hydrogens (tertiary/aromatic N) is 1. The number of rotatable bonds is 7. The van der Waals surface area contributed by atoms with Gasteiger partial charge in [0.05, 0.1) is 12.1 Å². The Labute approximate surface area is 145 Å². The summed E-state index contributed by atoms with van der Waals surface area (Å²) in [4.78, 5) is 14.4. The van der Waals surface area contributed by atoms with Crippen molar-refractivity contribution in [1.29, 1.82) is 0 Å². The molecule has 23 heavy (non-hydrogen) atoms. The molecule has 0 aliphatic carbocycles. The van der Waals surface area contributed by atoms with Crippen molar-refractivity contribution in [3.8, 4) is 0 Å². The Morgan fingerprint density at radius 2 is 2.09 bits per heavy atom. The average Bonchev–Trinajstić information content (AvgIpc) is 3.00. The molecule has 0 spiro atoms. The highest BCUT2D eigenvalue weighted by Crippen LogP contribution is 2.28. The molecule has 3 unspecified atom stereocenters. The van der Waals surface area contributed by atoms with Crippen molar-refractivity contribution in [2.45, 2.75) is 63.6 Å². The Balaban J connectivity index is 0.00000264. The number of likely N-dealkylation sites (tertiary alicyclic amines) is 1. The zero-order valence-corrected chi connectivity index (χ0v) is 14.7. The summed E-state index contributed by atoms with van der Waals surface area (Å²) in [5, 5.41) is 10.4. The fourth-order valence-electron chi connectivity index (χ4n) is 3.20. The third-order valence-electron chi connectivity index (χ3n) is 4.53. The van der Waals surface area contributed by atoms with Crippen molar-refractivity contribution in [1.82, 2.24) is 4.90 Å². The monoisotopic (exact) mass is 340 g/mol. The zero-order valence-electron chi connectivity index (χ0n) is 13.9. The van der Waals surface area contributed by atoms with Gasteiger partial charge in [0.1, 0.15) is 0 Å². The Morgan fingerprint density at radius 3 is 2.74 bits per heavy atom. The first-order valence-corrected chi connectivity index (χ1v) is 8.42. The molecule has 1 aromatic rings. The van der Waals surface area contributed by atoms with Gasteiger partial charge >= 0.3 is 0 Å². The minimum absolute atomic E-state index is 0. The summed E-state index contributed by atoms with van der Waals surface area (Å²) in [6.07, 6.45) is 4.81. The quantitative estimate of drug-likeness (QED) is 0.801. The van der Waals surface area contributed by atoms with Crippen molar-refractivity contribution in [3.63, 3.8) is 0 Å². The van der Waals surface area contributed by atoms with E-state index in [-0.39, 0.29) is 24.4 Å². The van der Waals surface area contributed by atoms with E-state index in [1.807, 2.05) is 35.2 Å². The van der Waals surface area contributed by atoms with Gasteiger partial charge in [-0.05, 0) is 31.2 Å².